The Morgan fingerprint density at radius 1 is 0.691 bits per heavy atom. The molecule has 17 nitrogen and oxygen atoms in total. The second kappa shape index (κ2) is 16.6. The summed E-state index contributed by atoms with van der Waals surface area (Å²) in [7, 11) is 0. The van der Waals surface area contributed by atoms with Gasteiger partial charge in [0.25, 0.3) is 0 Å². The fourth-order valence-corrected chi connectivity index (χ4v) is 10.7. The van der Waals surface area contributed by atoms with E-state index in [2.05, 4.69) is 26.8 Å². The Labute approximate surface area is 321 Å². The molecule has 21 unspecified atom stereocenters. The lowest BCUT2D eigenvalue weighted by atomic mass is 9.45. The predicted molar refractivity (Wildman–Crippen MR) is 188 cm³/mol. The maximum absolute atomic E-state index is 11.2. The van der Waals surface area contributed by atoms with E-state index in [9.17, 15) is 56.2 Å². The number of allylic oxidation sites excluding steroid dienone is 2. The quantitative estimate of drug-likeness (QED) is 0.105. The van der Waals surface area contributed by atoms with E-state index in [1.165, 1.54) is 12.5 Å². The lowest BCUT2D eigenvalue weighted by Crippen LogP contribution is -2.65. The summed E-state index contributed by atoms with van der Waals surface area (Å²) in [6, 6.07) is 0. The second-order valence-corrected chi connectivity index (χ2v) is 18.0. The Kier molecular flexibility index (Phi) is 13.2. The molecule has 0 aromatic rings. The van der Waals surface area contributed by atoms with Gasteiger partial charge in [-0.1, -0.05) is 39.3 Å². The van der Waals surface area contributed by atoms with Crippen LogP contribution in [0.15, 0.2) is 11.6 Å². The van der Waals surface area contributed by atoms with Gasteiger partial charge < -0.3 is 84.6 Å². The summed E-state index contributed by atoms with van der Waals surface area (Å²) in [5.74, 6) is 0.376. The fourth-order valence-electron chi connectivity index (χ4n) is 10.7. The first-order chi connectivity index (χ1) is 25.8. The molecule has 0 bridgehead atoms. The van der Waals surface area contributed by atoms with Crippen molar-refractivity contribution in [2.24, 2.45) is 28.1 Å². The molecule has 11 N–H and O–H groups in total. The molecule has 3 aliphatic carbocycles. The highest BCUT2D eigenvalue weighted by molar-refractivity contribution is 5.25. The summed E-state index contributed by atoms with van der Waals surface area (Å²) >= 11 is 0. The Hall–Kier alpha value is -0.940. The maximum atomic E-state index is 11.2. The maximum Gasteiger partial charge on any atom is 0.187 e. The minimum atomic E-state index is -1.66. The number of aliphatic hydroxyl groups is 11. The van der Waals surface area contributed by atoms with E-state index >= 15 is 0 Å². The zero-order valence-electron chi connectivity index (χ0n) is 32.3. The van der Waals surface area contributed by atoms with Gasteiger partial charge in [-0.05, 0) is 73.5 Å². The summed E-state index contributed by atoms with van der Waals surface area (Å²) < 4.78 is 35.5. The van der Waals surface area contributed by atoms with Gasteiger partial charge in [-0.25, -0.2) is 0 Å². The number of hydrogen-bond donors (Lipinski definition) is 11. The largest absolute Gasteiger partial charge is 0.394 e. The molecule has 3 aliphatic heterocycles. The Morgan fingerprint density at radius 2 is 1.29 bits per heavy atom. The molecule has 0 aromatic heterocycles. The van der Waals surface area contributed by atoms with E-state index in [1.54, 1.807) is 0 Å². The molecule has 0 aromatic carbocycles. The van der Waals surface area contributed by atoms with E-state index in [0.29, 0.717) is 19.3 Å². The molecule has 55 heavy (non-hydrogen) atoms. The highest BCUT2D eigenvalue weighted by Gasteiger charge is 2.60. The van der Waals surface area contributed by atoms with E-state index in [0.717, 1.165) is 19.3 Å². The van der Waals surface area contributed by atoms with Crippen LogP contribution in [0.1, 0.15) is 73.1 Å². The summed E-state index contributed by atoms with van der Waals surface area (Å²) in [6.45, 7) is 8.50. The van der Waals surface area contributed by atoms with Gasteiger partial charge >= 0.3 is 0 Å². The van der Waals surface area contributed by atoms with Crippen molar-refractivity contribution < 1.29 is 84.6 Å². The van der Waals surface area contributed by atoms with Crippen LogP contribution in [0.5, 0.6) is 0 Å². The Bertz CT molecular complexity index is 1330. The zero-order chi connectivity index (χ0) is 40.4. The number of ether oxygens (including phenoxy) is 6. The fraction of sp³-hybridized carbons (Fsp3) is 0.947. The molecule has 0 amide bonds. The van der Waals surface area contributed by atoms with Gasteiger partial charge in [0.1, 0.15) is 67.1 Å². The van der Waals surface area contributed by atoms with Crippen molar-refractivity contribution in [2.45, 2.75) is 177 Å². The SMILES string of the molecule is CC1OC(OC2C(CO)OC(OC3CCC4(C)C5CCC(C)(C(CO)OC6OC(CO)C(O)C(O)C6O)CC5=CCC4C3(C)C)C(O)C2O)C(O)C(O)C1O. The first-order valence-electron chi connectivity index (χ1n) is 19.7. The molecule has 3 saturated heterocycles. The molecule has 5 fully saturated rings. The molecule has 21 atom stereocenters. The van der Waals surface area contributed by atoms with Crippen LogP contribution in [0, 0.1) is 28.1 Å². The van der Waals surface area contributed by atoms with E-state index in [-0.39, 0.29) is 23.9 Å². The molecule has 2 saturated carbocycles. The van der Waals surface area contributed by atoms with Crippen LogP contribution >= 0.6 is 0 Å². The Morgan fingerprint density at radius 3 is 1.95 bits per heavy atom. The summed E-state index contributed by atoms with van der Waals surface area (Å²) in [5, 5.41) is 115. The van der Waals surface area contributed by atoms with Crippen LogP contribution < -0.4 is 0 Å². The third-order valence-electron chi connectivity index (χ3n) is 14.2. The molecule has 6 rings (SSSR count). The van der Waals surface area contributed by atoms with Gasteiger partial charge in [-0.2, -0.15) is 0 Å². The molecular formula is C38H64O17. The standard InChI is InChI=1S/C38H64O17/c1-16-24(42)26(44)29(47)33(50-16)55-32-20(14-40)52-35(31(49)28(32)46)53-22-9-11-38(5)18-8-10-37(4,12-17(18)6-7-21(38)36(22,2)3)23(15-41)54-34-30(48)27(45)25(43)19(13-39)51-34/h6,16,18-35,39-49H,7-15H2,1-5H3. The minimum absolute atomic E-state index is 0.129. The number of rotatable bonds is 10. The summed E-state index contributed by atoms with van der Waals surface area (Å²) in [6.07, 6.45) is -15.9. The van der Waals surface area contributed by atoms with Gasteiger partial charge in [0, 0.05) is 0 Å². The number of fused-ring (bicyclic) bond motifs is 3. The first kappa shape index (κ1) is 43.6. The van der Waals surface area contributed by atoms with Gasteiger partial charge in [0.05, 0.1) is 38.1 Å². The summed E-state index contributed by atoms with van der Waals surface area (Å²) in [4.78, 5) is 0. The van der Waals surface area contributed by atoms with Crippen molar-refractivity contribution >= 4 is 0 Å². The molecule has 3 heterocycles. The lowest BCUT2D eigenvalue weighted by molar-refractivity contribution is -0.365. The minimum Gasteiger partial charge on any atom is -0.394 e. The highest BCUT2D eigenvalue weighted by Crippen LogP contribution is 2.64. The van der Waals surface area contributed by atoms with Crippen molar-refractivity contribution in [3.63, 3.8) is 0 Å². The molecule has 0 radical (unpaired) electrons. The third kappa shape index (κ3) is 7.81. The topological polar surface area (TPSA) is 278 Å². The van der Waals surface area contributed by atoms with Crippen molar-refractivity contribution in [1.29, 1.82) is 0 Å². The number of aliphatic hydroxyl groups excluding tert-OH is 11. The van der Waals surface area contributed by atoms with Crippen LogP contribution in [0.2, 0.25) is 0 Å². The van der Waals surface area contributed by atoms with Crippen LogP contribution in [0.4, 0.5) is 0 Å². The third-order valence-corrected chi connectivity index (χ3v) is 14.2. The second-order valence-electron chi connectivity index (χ2n) is 18.0. The molecule has 0 spiro atoms. The van der Waals surface area contributed by atoms with Crippen molar-refractivity contribution in [3.8, 4) is 0 Å². The first-order valence-corrected chi connectivity index (χ1v) is 19.7. The van der Waals surface area contributed by atoms with Gasteiger partial charge in [-0.15, -0.1) is 0 Å². The Balaban J connectivity index is 1.12. The van der Waals surface area contributed by atoms with Crippen molar-refractivity contribution in [3.05, 3.63) is 11.6 Å². The van der Waals surface area contributed by atoms with Gasteiger partial charge in [0.15, 0.2) is 18.9 Å². The van der Waals surface area contributed by atoms with Crippen LogP contribution in [0.3, 0.4) is 0 Å². The van der Waals surface area contributed by atoms with Crippen LogP contribution in [-0.4, -0.2) is 180 Å². The molecule has 17 heteroatoms. The normalized spacial score (nSPS) is 52.1. The van der Waals surface area contributed by atoms with E-state index in [4.69, 9.17) is 28.4 Å². The van der Waals surface area contributed by atoms with Crippen LogP contribution in [-0.2, 0) is 28.4 Å². The predicted octanol–water partition coefficient (Wildman–Crippen LogP) is -2.22. The van der Waals surface area contributed by atoms with Crippen molar-refractivity contribution in [2.75, 3.05) is 19.8 Å². The zero-order valence-corrected chi connectivity index (χ0v) is 32.3. The number of hydrogen-bond acceptors (Lipinski definition) is 17. The molecular weight excluding hydrogens is 728 g/mol. The van der Waals surface area contributed by atoms with Crippen molar-refractivity contribution in [1.82, 2.24) is 0 Å². The highest BCUT2D eigenvalue weighted by atomic mass is 16.7. The smallest absolute Gasteiger partial charge is 0.187 e. The monoisotopic (exact) mass is 792 g/mol. The molecule has 318 valence electrons. The average molecular weight is 793 g/mol. The molecule has 6 aliphatic rings. The van der Waals surface area contributed by atoms with E-state index in [1.807, 2.05) is 6.92 Å². The van der Waals surface area contributed by atoms with Gasteiger partial charge in [0.2, 0.25) is 0 Å². The summed E-state index contributed by atoms with van der Waals surface area (Å²) in [5.41, 5.74) is 0.151. The lowest BCUT2D eigenvalue weighted by Gasteiger charge is -2.62. The van der Waals surface area contributed by atoms with E-state index < -0.39 is 128 Å². The van der Waals surface area contributed by atoms with Gasteiger partial charge in [-0.3, -0.25) is 0 Å². The average Bonchev–Trinajstić information content (AvgIpc) is 3.15. The van der Waals surface area contributed by atoms with Crippen LogP contribution in [0.25, 0.3) is 0 Å².